The fourth-order valence-corrected chi connectivity index (χ4v) is 4.68. The number of nitrogens with zero attached hydrogens (tertiary/aromatic N) is 2. The number of amides is 2. The normalized spacial score (nSPS) is 18.4. The van der Waals surface area contributed by atoms with Crippen LogP contribution in [0.5, 0.6) is 0 Å². The molecule has 1 fully saturated rings. The average molecular weight is 472 g/mol. The molecule has 1 unspecified atom stereocenters. The molecule has 1 atom stereocenters. The molecule has 168 valence electrons. The molecular weight excluding hydrogens is 445 g/mol. The van der Waals surface area contributed by atoms with Crippen LogP contribution in [0.3, 0.4) is 0 Å². The highest BCUT2D eigenvalue weighted by Crippen LogP contribution is 2.41. The zero-order valence-electron chi connectivity index (χ0n) is 18.7. The number of nitrogen functional groups attached to an aromatic ring is 1. The summed E-state index contributed by atoms with van der Waals surface area (Å²) in [6.07, 6.45) is 0.900. The van der Waals surface area contributed by atoms with Gasteiger partial charge in [0.25, 0.3) is 5.91 Å². The first-order valence-electron chi connectivity index (χ1n) is 10.4. The third-order valence-corrected chi connectivity index (χ3v) is 6.86. The number of hydrogen-bond acceptors (Lipinski definition) is 3. The lowest BCUT2D eigenvalue weighted by Gasteiger charge is -2.16. The van der Waals surface area contributed by atoms with Crippen molar-refractivity contribution in [3.05, 3.63) is 57.6 Å². The van der Waals surface area contributed by atoms with E-state index in [1.807, 2.05) is 44.2 Å². The number of hydrogen-bond donors (Lipinski definition) is 1. The van der Waals surface area contributed by atoms with Crippen LogP contribution in [0.15, 0.2) is 36.4 Å². The number of likely N-dealkylation sites (N-methyl/N-ethyl adjacent to an activating group) is 1. The van der Waals surface area contributed by atoms with E-state index in [0.29, 0.717) is 22.3 Å². The topological polar surface area (TPSA) is 66.6 Å². The van der Waals surface area contributed by atoms with E-state index in [0.717, 1.165) is 29.8 Å². The first-order valence-corrected chi connectivity index (χ1v) is 11.2. The van der Waals surface area contributed by atoms with E-state index < -0.39 is 5.41 Å². The molecule has 2 heterocycles. The standard InChI is InChI=1S/C14H13Cl2NO.C11H14N2O/c1-2-4-13(18)17-8-7-10(9-17)11-5-3-6-12(15)14(11)16;1-11(2)8-5-4-7(12)6-9(8)13(3)10(11)14/h3,5-6,10H,7-9H2,1H3;4-6H,12H2,1-3H3. The van der Waals surface area contributed by atoms with E-state index in [2.05, 4.69) is 11.8 Å². The van der Waals surface area contributed by atoms with Crippen molar-refractivity contribution in [2.75, 3.05) is 30.8 Å². The minimum absolute atomic E-state index is 0.113. The minimum Gasteiger partial charge on any atom is -0.399 e. The first kappa shape index (κ1) is 24.0. The summed E-state index contributed by atoms with van der Waals surface area (Å²) in [4.78, 5) is 27.0. The van der Waals surface area contributed by atoms with Gasteiger partial charge in [0, 0.05) is 37.4 Å². The Balaban J connectivity index is 0.000000186. The highest BCUT2D eigenvalue weighted by atomic mass is 35.5. The van der Waals surface area contributed by atoms with Gasteiger partial charge in [0.2, 0.25) is 5.91 Å². The number of carbonyl (C=O) groups is 2. The van der Waals surface area contributed by atoms with Crippen LogP contribution in [-0.2, 0) is 15.0 Å². The molecule has 7 heteroatoms. The number of anilines is 2. The van der Waals surface area contributed by atoms with Gasteiger partial charge in [-0.2, -0.15) is 0 Å². The van der Waals surface area contributed by atoms with Crippen molar-refractivity contribution in [2.24, 2.45) is 0 Å². The zero-order valence-corrected chi connectivity index (χ0v) is 20.2. The first-order chi connectivity index (χ1) is 15.1. The second-order valence-electron chi connectivity index (χ2n) is 8.52. The van der Waals surface area contributed by atoms with Crippen molar-refractivity contribution in [3.8, 4) is 11.8 Å². The highest BCUT2D eigenvalue weighted by Gasteiger charge is 2.41. The molecule has 0 aliphatic carbocycles. The SMILES string of the molecule is CC#CC(=O)N1CCC(c2cccc(Cl)c2Cl)C1.CN1C(=O)C(C)(C)c2ccc(N)cc21. The molecule has 2 amide bonds. The maximum Gasteiger partial charge on any atom is 0.298 e. The minimum atomic E-state index is -0.419. The molecule has 0 aromatic heterocycles. The smallest absolute Gasteiger partial charge is 0.298 e. The summed E-state index contributed by atoms with van der Waals surface area (Å²) in [5.74, 6) is 5.45. The second kappa shape index (κ2) is 9.44. The number of benzene rings is 2. The summed E-state index contributed by atoms with van der Waals surface area (Å²) in [5, 5.41) is 1.16. The molecule has 0 spiro atoms. The van der Waals surface area contributed by atoms with Crippen molar-refractivity contribution >= 4 is 46.4 Å². The molecule has 2 aliphatic heterocycles. The molecular formula is C25H27Cl2N3O2. The van der Waals surface area contributed by atoms with Crippen LogP contribution >= 0.6 is 23.2 Å². The predicted octanol–water partition coefficient (Wildman–Crippen LogP) is 4.86. The maximum atomic E-state index is 11.9. The van der Waals surface area contributed by atoms with Gasteiger partial charge in [-0.05, 0) is 62.4 Å². The Morgan fingerprint density at radius 3 is 2.62 bits per heavy atom. The van der Waals surface area contributed by atoms with Crippen LogP contribution in [0.1, 0.15) is 44.2 Å². The number of nitrogens with two attached hydrogens (primary N) is 1. The molecule has 2 aromatic rings. The quantitative estimate of drug-likeness (QED) is 0.477. The number of rotatable bonds is 1. The van der Waals surface area contributed by atoms with E-state index in [9.17, 15) is 9.59 Å². The van der Waals surface area contributed by atoms with Gasteiger partial charge in [-0.1, -0.05) is 47.3 Å². The second-order valence-corrected chi connectivity index (χ2v) is 9.31. The number of carbonyl (C=O) groups excluding carboxylic acids is 2. The summed E-state index contributed by atoms with van der Waals surface area (Å²) in [5.41, 5.74) is 8.97. The third-order valence-electron chi connectivity index (χ3n) is 6.02. The molecule has 0 saturated carbocycles. The number of fused-ring (bicyclic) bond motifs is 1. The lowest BCUT2D eigenvalue weighted by Crippen LogP contribution is -2.33. The molecule has 2 aliphatic rings. The van der Waals surface area contributed by atoms with Crippen LogP contribution < -0.4 is 10.6 Å². The Labute approximate surface area is 199 Å². The van der Waals surface area contributed by atoms with Crippen LogP contribution in [0, 0.1) is 11.8 Å². The fourth-order valence-electron chi connectivity index (χ4n) is 4.22. The van der Waals surface area contributed by atoms with Gasteiger partial charge in [0.1, 0.15) is 0 Å². The van der Waals surface area contributed by atoms with E-state index in [4.69, 9.17) is 28.9 Å². The summed E-state index contributed by atoms with van der Waals surface area (Å²) >= 11 is 12.2. The largest absolute Gasteiger partial charge is 0.399 e. The van der Waals surface area contributed by atoms with E-state index in [1.54, 1.807) is 29.8 Å². The summed E-state index contributed by atoms with van der Waals surface area (Å²) in [6, 6.07) is 11.3. The van der Waals surface area contributed by atoms with Crippen molar-refractivity contribution in [3.63, 3.8) is 0 Å². The zero-order chi connectivity index (χ0) is 23.6. The van der Waals surface area contributed by atoms with Crippen molar-refractivity contribution in [2.45, 2.75) is 38.5 Å². The lowest BCUT2D eigenvalue weighted by atomic mass is 9.86. The average Bonchev–Trinajstić information content (AvgIpc) is 3.30. The van der Waals surface area contributed by atoms with Gasteiger partial charge in [0.15, 0.2) is 0 Å². The predicted molar refractivity (Wildman–Crippen MR) is 131 cm³/mol. The molecule has 4 rings (SSSR count). The molecule has 2 aromatic carbocycles. The van der Waals surface area contributed by atoms with E-state index in [-0.39, 0.29) is 17.7 Å². The lowest BCUT2D eigenvalue weighted by molar-refractivity contribution is -0.124. The number of likely N-dealkylation sites (tertiary alicyclic amines) is 1. The molecule has 5 nitrogen and oxygen atoms in total. The van der Waals surface area contributed by atoms with Gasteiger partial charge in [-0.25, -0.2) is 0 Å². The molecule has 1 saturated heterocycles. The van der Waals surface area contributed by atoms with Crippen molar-refractivity contribution < 1.29 is 9.59 Å². The Bertz CT molecular complexity index is 1120. The van der Waals surface area contributed by atoms with Gasteiger partial charge >= 0.3 is 0 Å². The maximum absolute atomic E-state index is 11.9. The molecule has 0 radical (unpaired) electrons. The Hall–Kier alpha value is -2.68. The van der Waals surface area contributed by atoms with Gasteiger partial charge in [-0.3, -0.25) is 9.59 Å². The fraction of sp³-hybridized carbons (Fsp3) is 0.360. The van der Waals surface area contributed by atoms with Crippen LogP contribution in [0.2, 0.25) is 10.0 Å². The Morgan fingerprint density at radius 2 is 1.94 bits per heavy atom. The van der Waals surface area contributed by atoms with Gasteiger partial charge in [-0.15, -0.1) is 0 Å². The monoisotopic (exact) mass is 471 g/mol. The number of halogens is 2. The summed E-state index contributed by atoms with van der Waals surface area (Å²) in [7, 11) is 1.79. The summed E-state index contributed by atoms with van der Waals surface area (Å²) < 4.78 is 0. The van der Waals surface area contributed by atoms with Crippen LogP contribution in [0.4, 0.5) is 11.4 Å². The van der Waals surface area contributed by atoms with E-state index in [1.165, 1.54) is 0 Å². The van der Waals surface area contributed by atoms with Gasteiger partial charge in [0.05, 0.1) is 15.5 Å². The van der Waals surface area contributed by atoms with Gasteiger partial charge < -0.3 is 15.5 Å². The Kier molecular flexibility index (Phi) is 7.07. The van der Waals surface area contributed by atoms with Crippen LogP contribution in [-0.4, -0.2) is 36.9 Å². The van der Waals surface area contributed by atoms with Crippen molar-refractivity contribution in [1.82, 2.24) is 4.90 Å². The third kappa shape index (κ3) is 4.57. The molecule has 0 bridgehead atoms. The van der Waals surface area contributed by atoms with E-state index >= 15 is 0 Å². The highest BCUT2D eigenvalue weighted by molar-refractivity contribution is 6.42. The summed E-state index contributed by atoms with van der Waals surface area (Å²) in [6.45, 7) is 6.93. The van der Waals surface area contributed by atoms with Crippen LogP contribution in [0.25, 0.3) is 0 Å². The Morgan fingerprint density at radius 1 is 1.22 bits per heavy atom. The molecule has 32 heavy (non-hydrogen) atoms. The van der Waals surface area contributed by atoms with Crippen molar-refractivity contribution in [1.29, 1.82) is 0 Å². The molecule has 2 N–H and O–H groups in total.